The van der Waals surface area contributed by atoms with Crippen molar-refractivity contribution in [1.82, 2.24) is 14.8 Å². The smallest absolute Gasteiger partial charge is 0.181 e. The Bertz CT molecular complexity index is 719. The van der Waals surface area contributed by atoms with Gasteiger partial charge in [-0.25, -0.2) is 9.67 Å². The van der Waals surface area contributed by atoms with Gasteiger partial charge in [0.1, 0.15) is 6.33 Å². The minimum atomic E-state index is 0.696. The van der Waals surface area contributed by atoms with Gasteiger partial charge in [0, 0.05) is 15.7 Å². The van der Waals surface area contributed by atoms with E-state index >= 15 is 0 Å². The number of halogens is 1. The summed E-state index contributed by atoms with van der Waals surface area (Å²) >= 11 is 3.47. The third-order valence-electron chi connectivity index (χ3n) is 2.94. The van der Waals surface area contributed by atoms with Crippen LogP contribution in [0.5, 0.6) is 0 Å². The SMILES string of the molecule is Nc1ccc(-c2ncn(Cc3cccc(Br)c3)n2)cc1. The molecule has 3 rings (SSSR count). The summed E-state index contributed by atoms with van der Waals surface area (Å²) in [5.74, 6) is 0.708. The van der Waals surface area contributed by atoms with E-state index in [1.54, 1.807) is 6.33 Å². The molecule has 0 atom stereocenters. The Morgan fingerprint density at radius 3 is 2.65 bits per heavy atom. The molecule has 0 fully saturated rings. The normalized spacial score (nSPS) is 10.7. The summed E-state index contributed by atoms with van der Waals surface area (Å²) < 4.78 is 2.89. The van der Waals surface area contributed by atoms with E-state index in [1.807, 2.05) is 41.1 Å². The Balaban J connectivity index is 1.82. The number of nitrogens with zero attached hydrogens (tertiary/aromatic N) is 3. The summed E-state index contributed by atoms with van der Waals surface area (Å²) in [6.07, 6.45) is 1.74. The van der Waals surface area contributed by atoms with Crippen LogP contribution in [0, 0.1) is 0 Å². The zero-order chi connectivity index (χ0) is 13.9. The van der Waals surface area contributed by atoms with Crippen LogP contribution in [0.3, 0.4) is 0 Å². The van der Waals surface area contributed by atoms with Gasteiger partial charge in [-0.1, -0.05) is 28.1 Å². The van der Waals surface area contributed by atoms with Gasteiger partial charge in [-0.15, -0.1) is 0 Å². The molecule has 4 nitrogen and oxygen atoms in total. The van der Waals surface area contributed by atoms with Crippen molar-refractivity contribution in [1.29, 1.82) is 0 Å². The first kappa shape index (κ1) is 12.9. The molecular weight excluding hydrogens is 316 g/mol. The molecule has 0 bridgehead atoms. The molecule has 0 radical (unpaired) electrons. The van der Waals surface area contributed by atoms with Gasteiger partial charge >= 0.3 is 0 Å². The second-order valence-corrected chi connectivity index (χ2v) is 5.43. The van der Waals surface area contributed by atoms with Crippen molar-refractivity contribution in [3.05, 3.63) is 64.9 Å². The number of hydrogen-bond acceptors (Lipinski definition) is 3. The van der Waals surface area contributed by atoms with Crippen molar-refractivity contribution in [3.8, 4) is 11.4 Å². The van der Waals surface area contributed by atoms with E-state index in [9.17, 15) is 0 Å². The third-order valence-corrected chi connectivity index (χ3v) is 3.43. The number of aromatic nitrogens is 3. The third kappa shape index (κ3) is 2.88. The van der Waals surface area contributed by atoms with E-state index in [1.165, 1.54) is 5.56 Å². The molecule has 0 amide bonds. The van der Waals surface area contributed by atoms with E-state index in [2.05, 4.69) is 38.1 Å². The lowest BCUT2D eigenvalue weighted by atomic mass is 10.2. The first-order valence-electron chi connectivity index (χ1n) is 6.20. The van der Waals surface area contributed by atoms with Crippen molar-refractivity contribution in [2.24, 2.45) is 0 Å². The molecule has 1 heterocycles. The zero-order valence-corrected chi connectivity index (χ0v) is 12.3. The fourth-order valence-electron chi connectivity index (χ4n) is 1.96. The van der Waals surface area contributed by atoms with Crippen molar-refractivity contribution in [3.63, 3.8) is 0 Å². The Morgan fingerprint density at radius 2 is 1.90 bits per heavy atom. The van der Waals surface area contributed by atoms with Crippen molar-refractivity contribution >= 4 is 21.6 Å². The molecule has 2 aromatic carbocycles. The summed E-state index contributed by atoms with van der Waals surface area (Å²) in [7, 11) is 0. The Labute approximate surface area is 125 Å². The number of nitrogen functional groups attached to an aromatic ring is 1. The first-order chi connectivity index (χ1) is 9.70. The molecule has 0 unspecified atom stereocenters. The molecule has 2 N–H and O–H groups in total. The molecular formula is C15H13BrN4. The van der Waals surface area contributed by atoms with Gasteiger partial charge in [-0.3, -0.25) is 0 Å². The van der Waals surface area contributed by atoms with Crippen molar-refractivity contribution < 1.29 is 0 Å². The highest BCUT2D eigenvalue weighted by molar-refractivity contribution is 9.10. The fraction of sp³-hybridized carbons (Fsp3) is 0.0667. The first-order valence-corrected chi connectivity index (χ1v) is 7.00. The number of hydrogen-bond donors (Lipinski definition) is 1. The standard InChI is InChI=1S/C15H13BrN4/c16-13-3-1-2-11(8-13)9-20-10-18-15(19-20)12-4-6-14(17)7-5-12/h1-8,10H,9,17H2. The molecule has 3 aromatic rings. The Kier molecular flexibility index (Phi) is 3.52. The highest BCUT2D eigenvalue weighted by Gasteiger charge is 2.04. The largest absolute Gasteiger partial charge is 0.399 e. The predicted molar refractivity (Wildman–Crippen MR) is 83.1 cm³/mol. The minimum absolute atomic E-state index is 0.696. The maximum Gasteiger partial charge on any atom is 0.181 e. The molecule has 0 aliphatic carbocycles. The molecule has 0 saturated carbocycles. The lowest BCUT2D eigenvalue weighted by Gasteiger charge is -2.01. The molecule has 20 heavy (non-hydrogen) atoms. The lowest BCUT2D eigenvalue weighted by Crippen LogP contribution is -2.00. The summed E-state index contributed by atoms with van der Waals surface area (Å²) in [6.45, 7) is 0.696. The number of anilines is 1. The van der Waals surface area contributed by atoms with Crippen LogP contribution >= 0.6 is 15.9 Å². The van der Waals surface area contributed by atoms with E-state index < -0.39 is 0 Å². The highest BCUT2D eigenvalue weighted by atomic mass is 79.9. The maximum absolute atomic E-state index is 5.68. The van der Waals surface area contributed by atoms with Crippen molar-refractivity contribution in [2.45, 2.75) is 6.54 Å². The van der Waals surface area contributed by atoms with E-state index in [4.69, 9.17) is 5.73 Å². The van der Waals surface area contributed by atoms with Crippen LogP contribution in [0.25, 0.3) is 11.4 Å². The quantitative estimate of drug-likeness (QED) is 0.750. The average Bonchev–Trinajstić information content (AvgIpc) is 2.88. The van der Waals surface area contributed by atoms with Gasteiger partial charge in [0.15, 0.2) is 5.82 Å². The number of benzene rings is 2. The lowest BCUT2D eigenvalue weighted by molar-refractivity contribution is 0.686. The summed E-state index contributed by atoms with van der Waals surface area (Å²) in [4.78, 5) is 4.33. The van der Waals surface area contributed by atoms with E-state index in [-0.39, 0.29) is 0 Å². The molecule has 5 heteroatoms. The molecule has 1 aromatic heterocycles. The van der Waals surface area contributed by atoms with Gasteiger partial charge in [0.25, 0.3) is 0 Å². The fourth-order valence-corrected chi connectivity index (χ4v) is 2.40. The molecule has 0 aliphatic heterocycles. The van der Waals surface area contributed by atoms with Crippen LogP contribution < -0.4 is 5.73 Å². The summed E-state index contributed by atoms with van der Waals surface area (Å²) in [6, 6.07) is 15.7. The second kappa shape index (κ2) is 5.46. The topological polar surface area (TPSA) is 56.7 Å². The predicted octanol–water partition coefficient (Wildman–Crippen LogP) is 3.34. The maximum atomic E-state index is 5.68. The Morgan fingerprint density at radius 1 is 1.10 bits per heavy atom. The van der Waals surface area contributed by atoms with E-state index in [0.29, 0.717) is 12.4 Å². The second-order valence-electron chi connectivity index (χ2n) is 4.52. The monoisotopic (exact) mass is 328 g/mol. The van der Waals surface area contributed by atoms with Crippen molar-refractivity contribution in [2.75, 3.05) is 5.73 Å². The molecule has 0 aliphatic rings. The van der Waals surface area contributed by atoms with Crippen LogP contribution in [0.1, 0.15) is 5.56 Å². The number of nitrogens with two attached hydrogens (primary N) is 1. The number of rotatable bonds is 3. The minimum Gasteiger partial charge on any atom is -0.399 e. The summed E-state index contributed by atoms with van der Waals surface area (Å²) in [5.41, 5.74) is 8.55. The van der Waals surface area contributed by atoms with Crippen LogP contribution in [-0.4, -0.2) is 14.8 Å². The van der Waals surface area contributed by atoms with Crippen LogP contribution in [0.15, 0.2) is 59.3 Å². The zero-order valence-electron chi connectivity index (χ0n) is 10.7. The summed E-state index contributed by atoms with van der Waals surface area (Å²) in [5, 5.41) is 4.48. The van der Waals surface area contributed by atoms with Crippen LogP contribution in [-0.2, 0) is 6.54 Å². The molecule has 100 valence electrons. The van der Waals surface area contributed by atoms with Crippen LogP contribution in [0.4, 0.5) is 5.69 Å². The van der Waals surface area contributed by atoms with Gasteiger partial charge in [0.2, 0.25) is 0 Å². The van der Waals surface area contributed by atoms with Gasteiger partial charge in [-0.2, -0.15) is 5.10 Å². The Hall–Kier alpha value is -2.14. The van der Waals surface area contributed by atoms with E-state index in [0.717, 1.165) is 15.7 Å². The molecule has 0 saturated heterocycles. The van der Waals surface area contributed by atoms with Gasteiger partial charge in [0.05, 0.1) is 6.54 Å². The average molecular weight is 329 g/mol. The van der Waals surface area contributed by atoms with Gasteiger partial charge < -0.3 is 5.73 Å². The molecule has 0 spiro atoms. The van der Waals surface area contributed by atoms with Gasteiger partial charge in [-0.05, 0) is 42.0 Å². The van der Waals surface area contributed by atoms with Crippen LogP contribution in [0.2, 0.25) is 0 Å². The highest BCUT2D eigenvalue weighted by Crippen LogP contribution is 2.17.